The number of hydrogen-bond donors (Lipinski definition) is 0. The van der Waals surface area contributed by atoms with E-state index in [0.717, 1.165) is 17.5 Å². The predicted molar refractivity (Wildman–Crippen MR) is 107 cm³/mol. The fourth-order valence-electron chi connectivity index (χ4n) is 3.45. The Hall–Kier alpha value is -1.48. The first-order chi connectivity index (χ1) is 13.9. The molecule has 2 aliphatic rings. The van der Waals surface area contributed by atoms with Crippen molar-refractivity contribution < 1.29 is 26.8 Å². The second-order valence-electron chi connectivity index (χ2n) is 7.34. The van der Waals surface area contributed by atoms with E-state index < -0.39 is 28.1 Å². The number of hydrogen-bond acceptors (Lipinski definition) is 6. The molecule has 6 nitrogen and oxygen atoms in total. The van der Waals surface area contributed by atoms with Gasteiger partial charge in [0.05, 0.1) is 24.7 Å². The molecule has 0 saturated carbocycles. The zero-order chi connectivity index (χ0) is 20.5. The summed E-state index contributed by atoms with van der Waals surface area (Å²) in [6.45, 7) is 2.94. The summed E-state index contributed by atoms with van der Waals surface area (Å²) >= 11 is 6.33. The van der Waals surface area contributed by atoms with E-state index in [2.05, 4.69) is 0 Å². The number of rotatable bonds is 7. The van der Waals surface area contributed by atoms with E-state index in [-0.39, 0.29) is 11.5 Å². The van der Waals surface area contributed by atoms with Crippen molar-refractivity contribution in [3.8, 4) is 0 Å². The van der Waals surface area contributed by atoms with Crippen LogP contribution >= 0.6 is 11.6 Å². The van der Waals surface area contributed by atoms with Crippen LogP contribution in [0, 0.1) is 6.92 Å². The standard InChI is InChI=1S/C21H23ClO6S/c1-15-7-9-16(10-8-15)29(23,24)27-14-21(13-19-25-11-4-12-26-19)20(28-21)17-5-2-3-6-18(17)22/h2-3,5-10,19-20H,4,11-14H2,1H3/t20-,21+/m0/s1. The zero-order valence-corrected chi connectivity index (χ0v) is 17.6. The maximum absolute atomic E-state index is 12.7. The van der Waals surface area contributed by atoms with Crippen molar-refractivity contribution >= 4 is 21.7 Å². The van der Waals surface area contributed by atoms with Gasteiger partial charge in [-0.3, -0.25) is 4.18 Å². The van der Waals surface area contributed by atoms with Crippen LogP contribution in [0.3, 0.4) is 0 Å². The molecule has 4 rings (SSSR count). The highest BCUT2D eigenvalue weighted by Crippen LogP contribution is 2.55. The van der Waals surface area contributed by atoms with E-state index in [1.807, 2.05) is 25.1 Å². The van der Waals surface area contributed by atoms with Gasteiger partial charge in [0.15, 0.2) is 6.29 Å². The Bertz CT molecular complexity index is 955. The Morgan fingerprint density at radius 1 is 1.10 bits per heavy atom. The molecule has 2 aromatic carbocycles. The van der Waals surface area contributed by atoms with Crippen molar-refractivity contribution in [3.05, 3.63) is 64.7 Å². The first-order valence-corrected chi connectivity index (χ1v) is 11.3. The number of aryl methyl sites for hydroxylation is 1. The topological polar surface area (TPSA) is 74.4 Å². The minimum absolute atomic E-state index is 0.110. The van der Waals surface area contributed by atoms with Crippen LogP contribution in [0.1, 0.15) is 30.1 Å². The SMILES string of the molecule is Cc1ccc(S(=O)(=O)OC[C@@]2(CC3OCCCO3)O[C@H]2c2ccccc2Cl)cc1. The molecule has 0 N–H and O–H groups in total. The summed E-state index contributed by atoms with van der Waals surface area (Å²) in [6, 6.07) is 13.9. The summed E-state index contributed by atoms with van der Waals surface area (Å²) in [5.41, 5.74) is 0.878. The lowest BCUT2D eigenvalue weighted by molar-refractivity contribution is -0.188. The highest BCUT2D eigenvalue weighted by molar-refractivity contribution is 7.86. The van der Waals surface area contributed by atoms with Crippen LogP contribution in [0.25, 0.3) is 0 Å². The van der Waals surface area contributed by atoms with E-state index in [1.54, 1.807) is 18.2 Å². The normalized spacial score (nSPS) is 25.1. The summed E-state index contributed by atoms with van der Waals surface area (Å²) in [5.74, 6) is 0. The summed E-state index contributed by atoms with van der Waals surface area (Å²) < 4.78 is 48.0. The van der Waals surface area contributed by atoms with Gasteiger partial charge in [0.2, 0.25) is 0 Å². The van der Waals surface area contributed by atoms with Gasteiger partial charge in [-0.15, -0.1) is 0 Å². The van der Waals surface area contributed by atoms with E-state index in [0.29, 0.717) is 24.7 Å². The Morgan fingerprint density at radius 2 is 1.79 bits per heavy atom. The highest BCUT2D eigenvalue weighted by Gasteiger charge is 2.60. The molecule has 2 aliphatic heterocycles. The lowest BCUT2D eigenvalue weighted by Crippen LogP contribution is -2.34. The van der Waals surface area contributed by atoms with Crippen molar-refractivity contribution in [2.24, 2.45) is 0 Å². The van der Waals surface area contributed by atoms with Crippen LogP contribution < -0.4 is 0 Å². The van der Waals surface area contributed by atoms with E-state index in [9.17, 15) is 8.42 Å². The Kier molecular flexibility index (Phi) is 5.97. The smallest absolute Gasteiger partial charge is 0.297 e. The van der Waals surface area contributed by atoms with Crippen LogP contribution in [-0.4, -0.2) is 40.1 Å². The summed E-state index contributed by atoms with van der Waals surface area (Å²) in [5, 5.41) is 0.561. The van der Waals surface area contributed by atoms with Crippen molar-refractivity contribution in [2.75, 3.05) is 19.8 Å². The summed E-state index contributed by atoms with van der Waals surface area (Å²) in [4.78, 5) is 0.110. The molecule has 2 saturated heterocycles. The zero-order valence-electron chi connectivity index (χ0n) is 16.0. The Labute approximate surface area is 175 Å². The average Bonchev–Trinajstić information content (AvgIpc) is 3.42. The van der Waals surface area contributed by atoms with Gasteiger partial charge in [-0.1, -0.05) is 47.5 Å². The van der Waals surface area contributed by atoms with Crippen molar-refractivity contribution in [1.82, 2.24) is 0 Å². The fraction of sp³-hybridized carbons (Fsp3) is 0.429. The van der Waals surface area contributed by atoms with Crippen molar-refractivity contribution in [2.45, 2.75) is 42.7 Å². The van der Waals surface area contributed by atoms with E-state index in [4.69, 9.17) is 30.0 Å². The third-order valence-corrected chi connectivity index (χ3v) is 6.76. The lowest BCUT2D eigenvalue weighted by Gasteiger charge is -2.26. The van der Waals surface area contributed by atoms with Gasteiger partial charge in [-0.25, -0.2) is 0 Å². The molecular formula is C21H23ClO6S. The fourth-order valence-corrected chi connectivity index (χ4v) is 4.64. The minimum atomic E-state index is -3.92. The number of benzene rings is 2. The molecule has 2 aromatic rings. The molecule has 0 amide bonds. The third-order valence-electron chi connectivity index (χ3n) is 5.14. The summed E-state index contributed by atoms with van der Waals surface area (Å²) in [7, 11) is -3.92. The predicted octanol–water partition coefficient (Wildman–Crippen LogP) is 4.02. The summed E-state index contributed by atoms with van der Waals surface area (Å²) in [6.07, 6.45) is 0.323. The third kappa shape index (κ3) is 4.66. The second kappa shape index (κ2) is 8.34. The number of epoxide rings is 1. The van der Waals surface area contributed by atoms with Gasteiger partial charge in [0.25, 0.3) is 10.1 Å². The second-order valence-corrected chi connectivity index (χ2v) is 9.36. The monoisotopic (exact) mass is 438 g/mol. The van der Waals surface area contributed by atoms with Gasteiger partial charge < -0.3 is 14.2 Å². The molecule has 2 heterocycles. The Morgan fingerprint density at radius 3 is 2.48 bits per heavy atom. The highest BCUT2D eigenvalue weighted by atomic mass is 35.5. The molecule has 8 heteroatoms. The van der Waals surface area contributed by atoms with Gasteiger partial charge in [-0.05, 0) is 31.5 Å². The number of halogens is 1. The first-order valence-electron chi connectivity index (χ1n) is 9.51. The van der Waals surface area contributed by atoms with Crippen LogP contribution in [0.2, 0.25) is 5.02 Å². The van der Waals surface area contributed by atoms with Crippen molar-refractivity contribution in [1.29, 1.82) is 0 Å². The Balaban J connectivity index is 1.53. The maximum atomic E-state index is 12.7. The van der Waals surface area contributed by atoms with E-state index >= 15 is 0 Å². The maximum Gasteiger partial charge on any atom is 0.297 e. The molecule has 29 heavy (non-hydrogen) atoms. The average molecular weight is 439 g/mol. The lowest BCUT2D eigenvalue weighted by atomic mass is 9.96. The molecule has 0 aromatic heterocycles. The van der Waals surface area contributed by atoms with Gasteiger partial charge in [-0.2, -0.15) is 8.42 Å². The molecule has 0 spiro atoms. The molecule has 156 valence electrons. The first kappa shape index (κ1) is 20.8. The molecular weight excluding hydrogens is 416 g/mol. The largest absolute Gasteiger partial charge is 0.358 e. The van der Waals surface area contributed by atoms with Crippen molar-refractivity contribution in [3.63, 3.8) is 0 Å². The van der Waals surface area contributed by atoms with Crippen LogP contribution in [0.15, 0.2) is 53.4 Å². The molecule has 0 aliphatic carbocycles. The van der Waals surface area contributed by atoms with E-state index in [1.165, 1.54) is 12.1 Å². The number of ether oxygens (including phenoxy) is 3. The quantitative estimate of drug-likeness (QED) is 0.480. The van der Waals surface area contributed by atoms with Gasteiger partial charge >= 0.3 is 0 Å². The van der Waals surface area contributed by atoms with Crippen LogP contribution in [0.5, 0.6) is 0 Å². The molecule has 0 unspecified atom stereocenters. The van der Waals surface area contributed by atoms with Gasteiger partial charge in [0, 0.05) is 17.0 Å². The molecule has 2 atom stereocenters. The van der Waals surface area contributed by atoms with Crippen LogP contribution in [0.4, 0.5) is 0 Å². The minimum Gasteiger partial charge on any atom is -0.358 e. The molecule has 2 fully saturated rings. The van der Waals surface area contributed by atoms with Gasteiger partial charge in [0.1, 0.15) is 11.7 Å². The van der Waals surface area contributed by atoms with Crippen LogP contribution in [-0.2, 0) is 28.5 Å². The molecule has 0 bridgehead atoms. The molecule has 0 radical (unpaired) electrons.